The van der Waals surface area contributed by atoms with E-state index in [1.54, 1.807) is 6.92 Å². The van der Waals surface area contributed by atoms with E-state index < -0.39 is 33.9 Å². The number of carbonyl (C=O) groups is 2. The number of carboxylic acid groups (broad SMARTS) is 1. The number of carboxylic acids is 1. The van der Waals surface area contributed by atoms with E-state index in [1.165, 1.54) is 18.2 Å². The van der Waals surface area contributed by atoms with Crippen LogP contribution in [0.15, 0.2) is 23.1 Å². The number of hydrogen-bond acceptors (Lipinski definition) is 5. The number of methoxy groups -OCH3 is 1. The fraction of sp³-hybridized carbons (Fsp3) is 0.467. The van der Waals surface area contributed by atoms with Crippen LogP contribution >= 0.6 is 11.6 Å². The van der Waals surface area contributed by atoms with Gasteiger partial charge in [-0.15, -0.1) is 0 Å². The number of halogens is 1. The van der Waals surface area contributed by atoms with E-state index in [9.17, 15) is 23.1 Å². The Labute approximate surface area is 145 Å². The molecule has 24 heavy (non-hydrogen) atoms. The number of benzene rings is 1. The molecule has 0 aliphatic carbocycles. The molecule has 1 aromatic rings. The number of piperidine rings is 1. The van der Waals surface area contributed by atoms with Crippen LogP contribution in [-0.4, -0.2) is 49.5 Å². The first-order valence-electron chi connectivity index (χ1n) is 7.32. The van der Waals surface area contributed by atoms with Crippen molar-refractivity contribution in [2.75, 3.05) is 13.7 Å². The molecule has 2 rings (SSSR count). The number of hydrogen-bond donors (Lipinski definition) is 1. The van der Waals surface area contributed by atoms with Crippen molar-refractivity contribution in [1.29, 1.82) is 0 Å². The number of sulfonamides is 1. The van der Waals surface area contributed by atoms with Crippen LogP contribution in [0.1, 0.15) is 30.1 Å². The molecule has 1 fully saturated rings. The van der Waals surface area contributed by atoms with Crippen molar-refractivity contribution in [3.8, 4) is 0 Å². The number of esters is 1. The summed E-state index contributed by atoms with van der Waals surface area (Å²) in [6, 6.07) is 3.13. The first kappa shape index (κ1) is 18.7. The molecule has 9 heteroatoms. The molecular weight excluding hydrogens is 358 g/mol. The minimum Gasteiger partial charge on any atom is -0.481 e. The number of aliphatic carboxylic acids is 1. The molecule has 0 radical (unpaired) electrons. The first-order chi connectivity index (χ1) is 11.2. The second kappa shape index (κ2) is 7.08. The van der Waals surface area contributed by atoms with Crippen molar-refractivity contribution >= 4 is 33.6 Å². The molecule has 7 nitrogen and oxygen atoms in total. The highest BCUT2D eigenvalue weighted by molar-refractivity contribution is 7.89. The minimum absolute atomic E-state index is 0.133. The van der Waals surface area contributed by atoms with Crippen LogP contribution in [-0.2, 0) is 19.6 Å². The van der Waals surface area contributed by atoms with Gasteiger partial charge in [0.15, 0.2) is 0 Å². The molecule has 0 spiro atoms. The standard InChI is InChI=1S/C15H18ClNO6S/c1-9-11(14(18)19)4-3-7-17(9)24(21,22)13-8-10(16)5-6-12(13)15(20)23-2/h5-6,8-9,11H,3-4,7H2,1-2H3,(H,18,19)/t9-,11-/m0/s1. The van der Waals surface area contributed by atoms with E-state index in [4.69, 9.17) is 11.6 Å². The highest BCUT2D eigenvalue weighted by atomic mass is 35.5. The van der Waals surface area contributed by atoms with Gasteiger partial charge in [-0.2, -0.15) is 4.31 Å². The summed E-state index contributed by atoms with van der Waals surface area (Å²) in [6.45, 7) is 1.73. The zero-order valence-corrected chi connectivity index (χ0v) is 14.8. The predicted octanol–water partition coefficient (Wildman–Crippen LogP) is 2.00. The fourth-order valence-corrected chi connectivity index (χ4v) is 5.04. The van der Waals surface area contributed by atoms with Crippen LogP contribution in [0, 0.1) is 5.92 Å². The van der Waals surface area contributed by atoms with Gasteiger partial charge in [-0.1, -0.05) is 11.6 Å². The fourth-order valence-electron chi connectivity index (χ4n) is 2.90. The van der Waals surface area contributed by atoms with E-state index in [2.05, 4.69) is 4.74 Å². The Morgan fingerprint density at radius 2 is 2.04 bits per heavy atom. The Kier molecular flexibility index (Phi) is 5.52. The van der Waals surface area contributed by atoms with Crippen LogP contribution in [0.25, 0.3) is 0 Å². The third-order valence-corrected chi connectivity index (χ3v) is 6.44. The molecule has 0 unspecified atom stereocenters. The number of rotatable bonds is 4. The maximum Gasteiger partial charge on any atom is 0.339 e. The number of nitrogens with zero attached hydrogens (tertiary/aromatic N) is 1. The molecule has 1 N–H and O–H groups in total. The van der Waals surface area contributed by atoms with Gasteiger partial charge in [-0.25, -0.2) is 13.2 Å². The predicted molar refractivity (Wildman–Crippen MR) is 86.5 cm³/mol. The first-order valence-corrected chi connectivity index (χ1v) is 9.14. The molecule has 1 saturated heterocycles. The SMILES string of the molecule is COC(=O)c1ccc(Cl)cc1S(=O)(=O)N1CCC[C@H](C(=O)O)[C@@H]1C. The zero-order valence-electron chi connectivity index (χ0n) is 13.2. The van der Waals surface area contributed by atoms with Crippen LogP contribution in [0.5, 0.6) is 0 Å². The van der Waals surface area contributed by atoms with E-state index in [0.717, 1.165) is 11.4 Å². The van der Waals surface area contributed by atoms with Gasteiger partial charge in [0.2, 0.25) is 10.0 Å². The smallest absolute Gasteiger partial charge is 0.339 e. The molecule has 0 aromatic heterocycles. The van der Waals surface area contributed by atoms with Gasteiger partial charge in [-0.05, 0) is 38.0 Å². The van der Waals surface area contributed by atoms with E-state index in [-0.39, 0.29) is 22.0 Å². The summed E-state index contributed by atoms with van der Waals surface area (Å²) < 4.78 is 31.8. The van der Waals surface area contributed by atoms with Crippen molar-refractivity contribution in [1.82, 2.24) is 4.31 Å². The minimum atomic E-state index is -4.10. The van der Waals surface area contributed by atoms with Gasteiger partial charge in [0.1, 0.15) is 0 Å². The van der Waals surface area contributed by atoms with Gasteiger partial charge in [0.25, 0.3) is 0 Å². The Morgan fingerprint density at radius 3 is 2.62 bits per heavy atom. The van der Waals surface area contributed by atoms with E-state index in [0.29, 0.717) is 12.8 Å². The van der Waals surface area contributed by atoms with Gasteiger partial charge < -0.3 is 9.84 Å². The van der Waals surface area contributed by atoms with Crippen molar-refractivity contribution in [3.05, 3.63) is 28.8 Å². The molecule has 0 amide bonds. The Balaban J connectivity index is 2.52. The third-order valence-electron chi connectivity index (χ3n) is 4.18. The lowest BCUT2D eigenvalue weighted by Crippen LogP contribution is -2.49. The normalized spacial score (nSPS) is 22.1. The molecule has 1 aliphatic heterocycles. The molecule has 2 atom stereocenters. The topological polar surface area (TPSA) is 101 Å². The third kappa shape index (κ3) is 3.40. The Hall–Kier alpha value is -1.64. The van der Waals surface area contributed by atoms with Gasteiger partial charge in [-0.3, -0.25) is 4.79 Å². The van der Waals surface area contributed by atoms with Gasteiger partial charge >= 0.3 is 11.9 Å². The lowest BCUT2D eigenvalue weighted by Gasteiger charge is -2.36. The van der Waals surface area contributed by atoms with Gasteiger partial charge in [0.05, 0.1) is 23.5 Å². The Morgan fingerprint density at radius 1 is 1.38 bits per heavy atom. The summed E-state index contributed by atoms with van der Waals surface area (Å²) in [5, 5.41) is 9.42. The average molecular weight is 376 g/mol. The van der Waals surface area contributed by atoms with Crippen LogP contribution in [0.2, 0.25) is 5.02 Å². The molecule has 0 bridgehead atoms. The van der Waals surface area contributed by atoms with Crippen molar-refractivity contribution < 1.29 is 27.9 Å². The molecule has 0 saturated carbocycles. The summed E-state index contributed by atoms with van der Waals surface area (Å²) in [5.41, 5.74) is -0.133. The number of carbonyl (C=O) groups excluding carboxylic acids is 1. The molecule has 132 valence electrons. The Bertz CT molecular complexity index is 763. The quantitative estimate of drug-likeness (QED) is 0.808. The average Bonchev–Trinajstić information content (AvgIpc) is 2.53. The summed E-state index contributed by atoms with van der Waals surface area (Å²) in [6.07, 6.45) is 0.830. The van der Waals surface area contributed by atoms with E-state index >= 15 is 0 Å². The number of ether oxygens (including phenoxy) is 1. The molecular formula is C15H18ClNO6S. The maximum atomic E-state index is 13.0. The lowest BCUT2D eigenvalue weighted by atomic mass is 9.92. The molecule has 1 aliphatic rings. The zero-order chi connectivity index (χ0) is 18.1. The monoisotopic (exact) mass is 375 g/mol. The second-order valence-electron chi connectivity index (χ2n) is 5.58. The van der Waals surface area contributed by atoms with Crippen LogP contribution in [0.3, 0.4) is 0 Å². The van der Waals surface area contributed by atoms with Crippen molar-refractivity contribution in [2.24, 2.45) is 5.92 Å². The van der Waals surface area contributed by atoms with Crippen molar-refractivity contribution in [2.45, 2.75) is 30.7 Å². The highest BCUT2D eigenvalue weighted by Gasteiger charge is 2.40. The van der Waals surface area contributed by atoms with Crippen molar-refractivity contribution in [3.63, 3.8) is 0 Å². The van der Waals surface area contributed by atoms with E-state index in [1.807, 2.05) is 0 Å². The molecule has 1 aromatic carbocycles. The lowest BCUT2D eigenvalue weighted by molar-refractivity contribution is -0.144. The summed E-state index contributed by atoms with van der Waals surface area (Å²) in [5.74, 6) is -2.64. The van der Waals surface area contributed by atoms with Gasteiger partial charge in [0, 0.05) is 17.6 Å². The second-order valence-corrected chi connectivity index (χ2v) is 7.87. The molecule has 1 heterocycles. The summed E-state index contributed by atoms with van der Waals surface area (Å²) in [4.78, 5) is 22.9. The summed E-state index contributed by atoms with van der Waals surface area (Å²) in [7, 11) is -2.95. The highest BCUT2D eigenvalue weighted by Crippen LogP contribution is 2.32. The van der Waals surface area contributed by atoms with Crippen LogP contribution in [0.4, 0.5) is 0 Å². The maximum absolute atomic E-state index is 13.0. The van der Waals surface area contributed by atoms with Crippen LogP contribution < -0.4 is 0 Å². The largest absolute Gasteiger partial charge is 0.481 e. The summed E-state index contributed by atoms with van der Waals surface area (Å²) >= 11 is 5.90.